The third kappa shape index (κ3) is 6.76. The Labute approximate surface area is 85.9 Å². The molecule has 0 aliphatic heterocycles. The quantitative estimate of drug-likeness (QED) is 0.315. The molecular formula is C8H13BF4N2. The van der Waals surface area contributed by atoms with E-state index in [0.717, 1.165) is 6.54 Å². The second kappa shape index (κ2) is 5.58. The van der Waals surface area contributed by atoms with Crippen molar-refractivity contribution in [3.05, 3.63) is 30.9 Å². The van der Waals surface area contributed by atoms with E-state index >= 15 is 0 Å². The molecule has 0 unspecified atom stereocenters. The maximum absolute atomic E-state index is 9.75. The predicted octanol–water partition coefficient (Wildman–Crippen LogP) is 2.11. The topological polar surface area (TPSA) is 8.81 Å². The molecule has 86 valence electrons. The van der Waals surface area contributed by atoms with E-state index in [4.69, 9.17) is 0 Å². The van der Waals surface area contributed by atoms with Crippen LogP contribution in [0.25, 0.3) is 0 Å². The van der Waals surface area contributed by atoms with Gasteiger partial charge in [-0.3, -0.25) is 0 Å². The Morgan fingerprint density at radius 1 is 1.47 bits per heavy atom. The van der Waals surface area contributed by atoms with E-state index in [0.29, 0.717) is 0 Å². The first-order valence-corrected chi connectivity index (χ1v) is 4.25. The minimum Gasteiger partial charge on any atom is -0.418 e. The zero-order valence-electron chi connectivity index (χ0n) is 8.63. The van der Waals surface area contributed by atoms with Crippen molar-refractivity contribution in [2.45, 2.75) is 13.5 Å². The third-order valence-electron chi connectivity index (χ3n) is 1.72. The van der Waals surface area contributed by atoms with Gasteiger partial charge in [-0.2, -0.15) is 0 Å². The van der Waals surface area contributed by atoms with Crippen molar-refractivity contribution >= 4 is 7.25 Å². The second-order valence-electron chi connectivity index (χ2n) is 2.89. The highest BCUT2D eigenvalue weighted by molar-refractivity contribution is 6.50. The fourth-order valence-electron chi connectivity index (χ4n) is 0.931. The fraction of sp³-hybridized carbons (Fsp3) is 0.375. The van der Waals surface area contributed by atoms with Crippen molar-refractivity contribution in [3.8, 4) is 0 Å². The smallest absolute Gasteiger partial charge is 0.418 e. The molecule has 0 atom stereocenters. The van der Waals surface area contributed by atoms with Gasteiger partial charge in [0.25, 0.3) is 5.82 Å². The normalized spacial score (nSPS) is 10.5. The monoisotopic (exact) mass is 224 g/mol. The summed E-state index contributed by atoms with van der Waals surface area (Å²) in [5.41, 5.74) is 0. The summed E-state index contributed by atoms with van der Waals surface area (Å²) in [6.07, 6.45) is 5.99. The number of hydrogen-bond acceptors (Lipinski definition) is 0. The van der Waals surface area contributed by atoms with Crippen LogP contribution >= 0.6 is 0 Å². The van der Waals surface area contributed by atoms with Crippen LogP contribution in [-0.2, 0) is 13.6 Å². The number of aryl methyl sites for hydroxylation is 1. The van der Waals surface area contributed by atoms with Gasteiger partial charge in [0.15, 0.2) is 0 Å². The van der Waals surface area contributed by atoms with Gasteiger partial charge < -0.3 is 17.3 Å². The highest BCUT2D eigenvalue weighted by Crippen LogP contribution is 2.06. The number of hydrogen-bond donors (Lipinski definition) is 0. The van der Waals surface area contributed by atoms with Crippen LogP contribution in [0, 0.1) is 6.92 Å². The van der Waals surface area contributed by atoms with Gasteiger partial charge in [0.2, 0.25) is 0 Å². The van der Waals surface area contributed by atoms with E-state index in [1.54, 1.807) is 0 Å². The van der Waals surface area contributed by atoms with Crippen LogP contribution in [0.1, 0.15) is 5.82 Å². The molecule has 0 saturated heterocycles. The van der Waals surface area contributed by atoms with Gasteiger partial charge >= 0.3 is 7.25 Å². The molecule has 0 aromatic carbocycles. The number of halogens is 4. The molecule has 0 N–H and O–H groups in total. The summed E-state index contributed by atoms with van der Waals surface area (Å²) in [5, 5.41) is 0. The number of rotatable bonds is 2. The van der Waals surface area contributed by atoms with Crippen molar-refractivity contribution in [3.63, 3.8) is 0 Å². The molecule has 15 heavy (non-hydrogen) atoms. The average Bonchev–Trinajstić information content (AvgIpc) is 2.34. The molecule has 1 aromatic heterocycles. The summed E-state index contributed by atoms with van der Waals surface area (Å²) in [4.78, 5) is 0. The minimum atomic E-state index is -6.00. The first-order valence-electron chi connectivity index (χ1n) is 4.25. The first-order chi connectivity index (χ1) is 6.75. The summed E-state index contributed by atoms with van der Waals surface area (Å²) in [6, 6.07) is 0. The Kier molecular flexibility index (Phi) is 5.11. The summed E-state index contributed by atoms with van der Waals surface area (Å²) in [5.74, 6) is 1.25. The molecule has 7 heteroatoms. The summed E-state index contributed by atoms with van der Waals surface area (Å²) < 4.78 is 43.2. The van der Waals surface area contributed by atoms with Crippen molar-refractivity contribution in [2.24, 2.45) is 7.05 Å². The lowest BCUT2D eigenvalue weighted by Crippen LogP contribution is -2.29. The summed E-state index contributed by atoms with van der Waals surface area (Å²) >= 11 is 0. The lowest BCUT2D eigenvalue weighted by molar-refractivity contribution is -0.677. The Bertz CT molecular complexity index is 313. The van der Waals surface area contributed by atoms with Crippen molar-refractivity contribution in [1.29, 1.82) is 0 Å². The van der Waals surface area contributed by atoms with Gasteiger partial charge in [-0.25, -0.2) is 9.13 Å². The zero-order chi connectivity index (χ0) is 12.1. The molecule has 0 fully saturated rings. The standard InChI is InChI=1S/C8H13N2.BF4/c1-4-5-10-7-6-9(3)8(10)2;2-1(3,4)5/h4,6-7H,1,5H2,2-3H3;/q+1;-1. The van der Waals surface area contributed by atoms with Crippen molar-refractivity contribution in [1.82, 2.24) is 4.57 Å². The van der Waals surface area contributed by atoms with E-state index in [-0.39, 0.29) is 0 Å². The Balaban J connectivity index is 0.000000336. The van der Waals surface area contributed by atoms with Crippen LogP contribution in [0.4, 0.5) is 17.3 Å². The Hall–Kier alpha value is -1.27. The maximum atomic E-state index is 9.75. The first kappa shape index (κ1) is 13.7. The molecule has 1 rings (SSSR count). The molecule has 0 spiro atoms. The molecule has 1 heterocycles. The lowest BCUT2D eigenvalue weighted by atomic mass is 10.3. The molecule has 0 radical (unpaired) electrons. The SMILES string of the molecule is C=CCn1cc[n+](C)c1C.F[B-](F)(F)F. The minimum absolute atomic E-state index is 0.896. The summed E-state index contributed by atoms with van der Waals surface area (Å²) in [6.45, 7) is 6.66. The predicted molar refractivity (Wildman–Crippen MR) is 50.7 cm³/mol. The molecule has 1 aromatic rings. The zero-order valence-corrected chi connectivity index (χ0v) is 8.63. The molecule has 0 amide bonds. The number of aromatic nitrogens is 2. The molecule has 0 saturated carbocycles. The highest BCUT2D eigenvalue weighted by Gasteiger charge is 2.20. The van der Waals surface area contributed by atoms with Gasteiger partial charge in [0, 0.05) is 6.92 Å². The molecule has 0 bridgehead atoms. The largest absolute Gasteiger partial charge is 0.673 e. The van der Waals surface area contributed by atoms with E-state index in [1.165, 1.54) is 5.82 Å². The van der Waals surface area contributed by atoms with Crippen molar-refractivity contribution < 1.29 is 21.8 Å². The highest BCUT2D eigenvalue weighted by atomic mass is 19.5. The van der Waals surface area contributed by atoms with Gasteiger partial charge in [0.05, 0.1) is 7.05 Å². The van der Waals surface area contributed by atoms with Gasteiger partial charge in [-0.1, -0.05) is 12.7 Å². The van der Waals surface area contributed by atoms with Crippen LogP contribution in [0.5, 0.6) is 0 Å². The van der Waals surface area contributed by atoms with Crippen LogP contribution in [0.15, 0.2) is 25.0 Å². The van der Waals surface area contributed by atoms with Crippen LogP contribution in [0.3, 0.4) is 0 Å². The van der Waals surface area contributed by atoms with E-state index in [2.05, 4.69) is 28.8 Å². The van der Waals surface area contributed by atoms with Crippen LogP contribution < -0.4 is 4.57 Å². The van der Waals surface area contributed by atoms with E-state index in [1.807, 2.05) is 19.3 Å². The average molecular weight is 224 g/mol. The molecule has 2 nitrogen and oxygen atoms in total. The Morgan fingerprint density at radius 3 is 2.20 bits per heavy atom. The summed E-state index contributed by atoms with van der Waals surface area (Å²) in [7, 11) is -3.96. The van der Waals surface area contributed by atoms with E-state index < -0.39 is 7.25 Å². The number of nitrogens with zero attached hydrogens (tertiary/aromatic N) is 2. The third-order valence-corrected chi connectivity index (χ3v) is 1.72. The van der Waals surface area contributed by atoms with E-state index in [9.17, 15) is 17.3 Å². The van der Waals surface area contributed by atoms with Gasteiger partial charge in [-0.05, 0) is 0 Å². The Morgan fingerprint density at radius 2 is 1.93 bits per heavy atom. The van der Waals surface area contributed by atoms with Crippen molar-refractivity contribution in [2.75, 3.05) is 0 Å². The maximum Gasteiger partial charge on any atom is 0.673 e. The second-order valence-corrected chi connectivity index (χ2v) is 2.89. The molecule has 0 aliphatic carbocycles. The molecular weight excluding hydrogens is 211 g/mol. The van der Waals surface area contributed by atoms with Gasteiger partial charge in [0.1, 0.15) is 18.9 Å². The fourth-order valence-corrected chi connectivity index (χ4v) is 0.931. The molecule has 0 aliphatic rings. The van der Waals surface area contributed by atoms with Gasteiger partial charge in [-0.15, -0.1) is 0 Å². The lowest BCUT2D eigenvalue weighted by Gasteiger charge is -1.94. The van der Waals surface area contributed by atoms with Crippen LogP contribution in [0.2, 0.25) is 0 Å². The number of allylic oxidation sites excluding steroid dienone is 1. The van der Waals surface area contributed by atoms with Crippen LogP contribution in [-0.4, -0.2) is 11.8 Å². The number of imidazole rings is 1.